The fraction of sp³-hybridized carbons (Fsp3) is 0. The van der Waals surface area contributed by atoms with E-state index >= 15 is 0 Å². The zero-order valence-corrected chi connectivity index (χ0v) is 13.5. The second kappa shape index (κ2) is 6.23. The lowest BCUT2D eigenvalue weighted by Gasteiger charge is -2.06. The molecule has 4 aromatic rings. The third kappa shape index (κ3) is 3.01. The van der Waals surface area contributed by atoms with Gasteiger partial charge in [0.05, 0.1) is 17.5 Å². The van der Waals surface area contributed by atoms with Gasteiger partial charge in [-0.2, -0.15) is 10.2 Å². The molecule has 0 aliphatic heterocycles. The van der Waals surface area contributed by atoms with Crippen LogP contribution in [0, 0.1) is 11.3 Å². The van der Waals surface area contributed by atoms with Gasteiger partial charge in [-0.1, -0.05) is 35.9 Å². The lowest BCUT2D eigenvalue weighted by Crippen LogP contribution is -2.00. The number of hydrogen-bond acceptors (Lipinski definition) is 6. The molecule has 6 nitrogen and oxygen atoms in total. The molecule has 2 aromatic heterocycles. The third-order valence-corrected chi connectivity index (χ3v) is 3.75. The van der Waals surface area contributed by atoms with Crippen molar-refractivity contribution in [2.75, 3.05) is 5.32 Å². The largest absolute Gasteiger partial charge is 0.423 e. The summed E-state index contributed by atoms with van der Waals surface area (Å²) >= 11 is 6.04. The molecule has 0 fully saturated rings. The first-order chi connectivity index (χ1) is 12.2. The van der Waals surface area contributed by atoms with Crippen molar-refractivity contribution < 1.29 is 4.42 Å². The predicted octanol–water partition coefficient (Wildman–Crippen LogP) is 4.55. The highest BCUT2D eigenvalue weighted by Crippen LogP contribution is 2.26. The Morgan fingerprint density at radius 1 is 1.08 bits per heavy atom. The first kappa shape index (κ1) is 15.1. The first-order valence-corrected chi connectivity index (χ1v) is 7.76. The van der Waals surface area contributed by atoms with Crippen molar-refractivity contribution in [2.45, 2.75) is 0 Å². The van der Waals surface area contributed by atoms with E-state index in [2.05, 4.69) is 26.3 Å². The van der Waals surface area contributed by atoms with E-state index in [1.807, 2.05) is 30.3 Å². The van der Waals surface area contributed by atoms with Crippen LogP contribution in [0.15, 0.2) is 59.1 Å². The molecule has 1 N–H and O–H groups in total. The van der Waals surface area contributed by atoms with Gasteiger partial charge < -0.3 is 4.42 Å². The summed E-state index contributed by atoms with van der Waals surface area (Å²) in [7, 11) is 0. The van der Waals surface area contributed by atoms with Crippen LogP contribution in [0.3, 0.4) is 0 Å². The highest BCUT2D eigenvalue weighted by molar-refractivity contribution is 6.30. The van der Waals surface area contributed by atoms with Crippen molar-refractivity contribution in [3.05, 3.63) is 65.3 Å². The van der Waals surface area contributed by atoms with Gasteiger partial charge in [0, 0.05) is 10.6 Å². The van der Waals surface area contributed by atoms with Crippen LogP contribution >= 0.6 is 11.6 Å². The highest BCUT2D eigenvalue weighted by Gasteiger charge is 2.12. The number of oxazole rings is 1. The second-order valence-electron chi connectivity index (χ2n) is 5.19. The summed E-state index contributed by atoms with van der Waals surface area (Å²) in [5, 5.41) is 12.8. The van der Waals surface area contributed by atoms with Gasteiger partial charge in [-0.25, -0.2) is 9.97 Å². The van der Waals surface area contributed by atoms with Crippen LogP contribution in [0.1, 0.15) is 5.56 Å². The summed E-state index contributed by atoms with van der Waals surface area (Å²) in [5.74, 6) is 0.278. The minimum atomic E-state index is 0.278. The Bertz CT molecular complexity index is 1080. The van der Waals surface area contributed by atoms with Gasteiger partial charge in [0.1, 0.15) is 11.6 Å². The molecule has 0 saturated carbocycles. The number of benzene rings is 2. The monoisotopic (exact) mass is 347 g/mol. The van der Waals surface area contributed by atoms with E-state index in [1.165, 1.54) is 6.20 Å². The number of rotatable bonds is 3. The lowest BCUT2D eigenvalue weighted by atomic mass is 10.1. The molecule has 0 spiro atoms. The van der Waals surface area contributed by atoms with E-state index in [1.54, 1.807) is 18.2 Å². The number of para-hydroxylation sites is 2. The Balaban J connectivity index is 1.73. The summed E-state index contributed by atoms with van der Waals surface area (Å²) in [6.45, 7) is 0. The van der Waals surface area contributed by atoms with Crippen molar-refractivity contribution >= 4 is 34.7 Å². The number of anilines is 2. The van der Waals surface area contributed by atoms with Gasteiger partial charge in [-0.15, -0.1) is 0 Å². The van der Waals surface area contributed by atoms with Crippen LogP contribution in [-0.4, -0.2) is 15.0 Å². The van der Waals surface area contributed by atoms with Gasteiger partial charge >= 0.3 is 6.01 Å². The number of nitrogens with one attached hydrogen (secondary N) is 1. The molecular formula is C18H10ClN5O. The number of halogens is 1. The van der Waals surface area contributed by atoms with Gasteiger partial charge in [0.25, 0.3) is 0 Å². The summed E-state index contributed by atoms with van der Waals surface area (Å²) in [6, 6.07) is 16.9. The molecule has 0 radical (unpaired) electrons. The maximum absolute atomic E-state index is 9.31. The van der Waals surface area contributed by atoms with Crippen LogP contribution in [0.4, 0.5) is 12.0 Å². The Hall–Kier alpha value is -3.43. The molecule has 0 saturated heterocycles. The molecule has 0 atom stereocenters. The Morgan fingerprint density at radius 2 is 1.96 bits per heavy atom. The molecule has 0 amide bonds. The molecule has 4 rings (SSSR count). The number of nitrogens with zero attached hydrogens (tertiary/aromatic N) is 4. The van der Waals surface area contributed by atoms with Crippen LogP contribution in [0.2, 0.25) is 5.02 Å². The molecule has 7 heteroatoms. The molecule has 25 heavy (non-hydrogen) atoms. The smallest absolute Gasteiger partial charge is 0.302 e. The van der Waals surface area contributed by atoms with Crippen LogP contribution in [0.5, 0.6) is 0 Å². The standard InChI is InChI=1S/C18H10ClN5O/c19-13-5-3-4-11(8-13)16-12(9-20)10-21-17(23-16)24-18-22-14-6-1-2-7-15(14)25-18/h1-8,10H,(H,21,22,23,24). The quantitative estimate of drug-likeness (QED) is 0.584. The first-order valence-electron chi connectivity index (χ1n) is 7.38. The SMILES string of the molecule is N#Cc1cnc(Nc2nc3ccccc3o2)nc1-c1cccc(Cl)c1. The van der Waals surface area contributed by atoms with Crippen molar-refractivity contribution in [1.82, 2.24) is 15.0 Å². The van der Waals surface area contributed by atoms with Gasteiger partial charge in [0.2, 0.25) is 5.95 Å². The highest BCUT2D eigenvalue weighted by atomic mass is 35.5. The molecule has 2 aromatic carbocycles. The molecule has 0 aliphatic rings. The van der Waals surface area contributed by atoms with Gasteiger partial charge in [-0.3, -0.25) is 5.32 Å². The zero-order valence-electron chi connectivity index (χ0n) is 12.8. The van der Waals surface area contributed by atoms with Crippen molar-refractivity contribution in [3.63, 3.8) is 0 Å². The summed E-state index contributed by atoms with van der Waals surface area (Å²) < 4.78 is 5.60. The molecule has 120 valence electrons. The molecule has 2 heterocycles. The van der Waals surface area contributed by atoms with Crippen molar-refractivity contribution in [1.29, 1.82) is 5.26 Å². The lowest BCUT2D eigenvalue weighted by molar-refractivity contribution is 0.621. The minimum absolute atomic E-state index is 0.278. The topological polar surface area (TPSA) is 87.6 Å². The maximum atomic E-state index is 9.31. The van der Waals surface area contributed by atoms with Crippen LogP contribution in [0.25, 0.3) is 22.4 Å². The summed E-state index contributed by atoms with van der Waals surface area (Å²) in [6.07, 6.45) is 1.45. The average molecular weight is 348 g/mol. The van der Waals surface area contributed by atoms with Crippen molar-refractivity contribution in [3.8, 4) is 17.3 Å². The van der Waals surface area contributed by atoms with E-state index in [0.29, 0.717) is 21.9 Å². The van der Waals surface area contributed by atoms with E-state index in [-0.39, 0.29) is 12.0 Å². The third-order valence-electron chi connectivity index (χ3n) is 3.52. The van der Waals surface area contributed by atoms with E-state index in [4.69, 9.17) is 16.0 Å². The number of nitriles is 1. The minimum Gasteiger partial charge on any atom is -0.423 e. The predicted molar refractivity (Wildman–Crippen MR) is 94.5 cm³/mol. The molecule has 0 aliphatic carbocycles. The van der Waals surface area contributed by atoms with E-state index < -0.39 is 0 Å². The van der Waals surface area contributed by atoms with Gasteiger partial charge in [0.15, 0.2) is 5.58 Å². The van der Waals surface area contributed by atoms with E-state index in [9.17, 15) is 5.26 Å². The molecule has 0 unspecified atom stereocenters. The normalized spacial score (nSPS) is 10.6. The Labute approximate surface area is 147 Å². The summed E-state index contributed by atoms with van der Waals surface area (Å²) in [4.78, 5) is 12.9. The second-order valence-corrected chi connectivity index (χ2v) is 5.63. The summed E-state index contributed by atoms with van der Waals surface area (Å²) in [5.41, 5.74) is 2.96. The maximum Gasteiger partial charge on any atom is 0.302 e. The van der Waals surface area contributed by atoms with Crippen LogP contribution < -0.4 is 5.32 Å². The fourth-order valence-corrected chi connectivity index (χ4v) is 2.59. The number of fused-ring (bicyclic) bond motifs is 1. The molecule has 0 bridgehead atoms. The van der Waals surface area contributed by atoms with E-state index in [0.717, 1.165) is 11.1 Å². The molecular weight excluding hydrogens is 338 g/mol. The Morgan fingerprint density at radius 3 is 2.76 bits per heavy atom. The number of hydrogen-bond donors (Lipinski definition) is 1. The van der Waals surface area contributed by atoms with Gasteiger partial charge in [-0.05, 0) is 24.3 Å². The number of aromatic nitrogens is 3. The fourth-order valence-electron chi connectivity index (χ4n) is 2.40. The Kier molecular flexibility index (Phi) is 3.77. The van der Waals surface area contributed by atoms with Crippen molar-refractivity contribution in [2.24, 2.45) is 0 Å². The average Bonchev–Trinajstić information content (AvgIpc) is 3.04. The zero-order chi connectivity index (χ0) is 17.2. The van der Waals surface area contributed by atoms with Crippen LogP contribution in [-0.2, 0) is 0 Å².